The average molecular weight is 279 g/mol. The summed E-state index contributed by atoms with van der Waals surface area (Å²) in [6, 6.07) is 3.04. The molecular weight excluding hydrogens is 257 g/mol. The molecule has 1 aliphatic rings. The van der Waals surface area contributed by atoms with Gasteiger partial charge >= 0.3 is 6.09 Å². The maximum absolute atomic E-state index is 13.5. The predicted molar refractivity (Wildman–Crippen MR) is 77.6 cm³/mol. The SMILES string of the molecule is Cc1cc(F)cc2c1N(C(=O)OC(C)(C)C)[C@@H](C)CC2. The maximum atomic E-state index is 13.5. The smallest absolute Gasteiger partial charge is 0.415 e. The molecule has 1 aromatic carbocycles. The first-order valence-corrected chi connectivity index (χ1v) is 7.00. The summed E-state index contributed by atoms with van der Waals surface area (Å²) < 4.78 is 19.0. The fourth-order valence-electron chi connectivity index (χ4n) is 2.64. The zero-order valence-electron chi connectivity index (χ0n) is 12.8. The number of rotatable bonds is 0. The van der Waals surface area contributed by atoms with Crippen molar-refractivity contribution in [1.82, 2.24) is 0 Å². The first-order chi connectivity index (χ1) is 9.19. The van der Waals surface area contributed by atoms with Crippen molar-refractivity contribution < 1.29 is 13.9 Å². The maximum Gasteiger partial charge on any atom is 0.415 e. The highest BCUT2D eigenvalue weighted by molar-refractivity contribution is 5.91. The number of carbonyl (C=O) groups excluding carboxylic acids is 1. The number of ether oxygens (including phenoxy) is 1. The van der Waals surface area contributed by atoms with Crippen molar-refractivity contribution in [2.45, 2.75) is 59.1 Å². The number of hydrogen-bond donors (Lipinski definition) is 0. The van der Waals surface area contributed by atoms with Gasteiger partial charge in [-0.15, -0.1) is 0 Å². The molecule has 2 rings (SSSR count). The standard InChI is InChI=1S/C16H22FNO2/c1-10-8-13(17)9-12-7-6-11(2)18(14(10)12)15(19)20-16(3,4)5/h8-9,11H,6-7H2,1-5H3/t11-/m0/s1. The zero-order chi connectivity index (χ0) is 15.1. The van der Waals surface area contributed by atoms with E-state index in [1.807, 2.05) is 34.6 Å². The van der Waals surface area contributed by atoms with Crippen LogP contribution in [0.5, 0.6) is 0 Å². The molecule has 0 unspecified atom stereocenters. The first kappa shape index (κ1) is 14.8. The van der Waals surface area contributed by atoms with Gasteiger partial charge in [0.25, 0.3) is 0 Å². The molecule has 0 saturated heterocycles. The molecule has 0 N–H and O–H groups in total. The van der Waals surface area contributed by atoms with Crippen LogP contribution in [0.25, 0.3) is 0 Å². The number of carbonyl (C=O) groups is 1. The van der Waals surface area contributed by atoms with Gasteiger partial charge in [0, 0.05) is 6.04 Å². The fraction of sp³-hybridized carbons (Fsp3) is 0.562. The Labute approximate surface area is 119 Å². The second kappa shape index (κ2) is 5.08. The van der Waals surface area contributed by atoms with Crippen molar-refractivity contribution in [2.24, 2.45) is 0 Å². The van der Waals surface area contributed by atoms with E-state index in [2.05, 4.69) is 0 Å². The van der Waals surface area contributed by atoms with Crippen LogP contribution in [-0.4, -0.2) is 17.7 Å². The third-order valence-corrected chi connectivity index (χ3v) is 3.45. The molecular formula is C16H22FNO2. The lowest BCUT2D eigenvalue weighted by atomic mass is 9.94. The topological polar surface area (TPSA) is 29.5 Å². The zero-order valence-corrected chi connectivity index (χ0v) is 12.8. The highest BCUT2D eigenvalue weighted by atomic mass is 19.1. The molecule has 0 aromatic heterocycles. The van der Waals surface area contributed by atoms with E-state index in [0.717, 1.165) is 29.7 Å². The van der Waals surface area contributed by atoms with Crippen LogP contribution < -0.4 is 4.90 Å². The van der Waals surface area contributed by atoms with E-state index in [-0.39, 0.29) is 18.0 Å². The van der Waals surface area contributed by atoms with Crippen LogP contribution in [0.15, 0.2) is 12.1 Å². The van der Waals surface area contributed by atoms with Gasteiger partial charge in [-0.1, -0.05) is 0 Å². The van der Waals surface area contributed by atoms with Gasteiger partial charge in [0.2, 0.25) is 0 Å². The summed E-state index contributed by atoms with van der Waals surface area (Å²) in [4.78, 5) is 14.1. The minimum atomic E-state index is -0.539. The van der Waals surface area contributed by atoms with E-state index in [4.69, 9.17) is 4.74 Å². The highest BCUT2D eigenvalue weighted by Gasteiger charge is 2.33. The largest absolute Gasteiger partial charge is 0.443 e. The van der Waals surface area contributed by atoms with Crippen LogP contribution >= 0.6 is 0 Å². The summed E-state index contributed by atoms with van der Waals surface area (Å²) in [5.74, 6) is -0.250. The van der Waals surface area contributed by atoms with E-state index in [0.29, 0.717) is 0 Å². The number of benzene rings is 1. The quantitative estimate of drug-likeness (QED) is 0.712. The van der Waals surface area contributed by atoms with Crippen molar-refractivity contribution in [3.8, 4) is 0 Å². The van der Waals surface area contributed by atoms with E-state index < -0.39 is 5.60 Å². The lowest BCUT2D eigenvalue weighted by molar-refractivity contribution is 0.0563. The Morgan fingerprint density at radius 1 is 1.40 bits per heavy atom. The van der Waals surface area contributed by atoms with Crippen LogP contribution in [0, 0.1) is 12.7 Å². The summed E-state index contributed by atoms with van der Waals surface area (Å²) >= 11 is 0. The lowest BCUT2D eigenvalue weighted by Crippen LogP contribution is -2.45. The van der Waals surface area contributed by atoms with Gasteiger partial charge in [-0.25, -0.2) is 9.18 Å². The Bertz CT molecular complexity index is 534. The number of fused-ring (bicyclic) bond motifs is 1. The van der Waals surface area contributed by atoms with Crippen molar-refractivity contribution in [3.05, 3.63) is 29.1 Å². The molecule has 1 heterocycles. The number of hydrogen-bond acceptors (Lipinski definition) is 2. The third-order valence-electron chi connectivity index (χ3n) is 3.45. The molecule has 0 spiro atoms. The lowest BCUT2D eigenvalue weighted by Gasteiger charge is -2.37. The van der Waals surface area contributed by atoms with Crippen molar-refractivity contribution >= 4 is 11.8 Å². The summed E-state index contributed by atoms with van der Waals surface area (Å²) in [6.07, 6.45) is 1.24. The Kier molecular flexibility index (Phi) is 3.76. The Morgan fingerprint density at radius 3 is 2.65 bits per heavy atom. The molecule has 1 aromatic rings. The van der Waals surface area contributed by atoms with E-state index >= 15 is 0 Å². The number of halogens is 1. The summed E-state index contributed by atoms with van der Waals surface area (Å²) in [7, 11) is 0. The van der Waals surface area contributed by atoms with Gasteiger partial charge in [-0.05, 0) is 70.7 Å². The summed E-state index contributed by atoms with van der Waals surface area (Å²) in [5.41, 5.74) is 1.92. The number of nitrogens with zero attached hydrogens (tertiary/aromatic N) is 1. The normalized spacial score (nSPS) is 18.7. The van der Waals surface area contributed by atoms with Gasteiger partial charge in [-0.2, -0.15) is 0 Å². The van der Waals surface area contributed by atoms with Gasteiger partial charge in [0.15, 0.2) is 0 Å². The number of anilines is 1. The molecule has 110 valence electrons. The van der Waals surface area contributed by atoms with Crippen molar-refractivity contribution in [1.29, 1.82) is 0 Å². The predicted octanol–water partition coefficient (Wildman–Crippen LogP) is 4.21. The molecule has 0 fully saturated rings. The van der Waals surface area contributed by atoms with E-state index in [9.17, 15) is 9.18 Å². The molecule has 0 bridgehead atoms. The first-order valence-electron chi connectivity index (χ1n) is 7.00. The highest BCUT2D eigenvalue weighted by Crippen LogP contribution is 2.35. The number of aryl methyl sites for hydroxylation is 2. The Balaban J connectivity index is 2.42. The average Bonchev–Trinajstić information content (AvgIpc) is 2.27. The van der Waals surface area contributed by atoms with Gasteiger partial charge in [0.05, 0.1) is 5.69 Å². The second-order valence-electron chi connectivity index (χ2n) is 6.47. The minimum Gasteiger partial charge on any atom is -0.443 e. The van der Waals surface area contributed by atoms with Gasteiger partial charge < -0.3 is 4.74 Å². The van der Waals surface area contributed by atoms with Crippen LogP contribution in [0.3, 0.4) is 0 Å². The van der Waals surface area contributed by atoms with Crippen molar-refractivity contribution in [3.63, 3.8) is 0 Å². The fourth-order valence-corrected chi connectivity index (χ4v) is 2.64. The van der Waals surface area contributed by atoms with Gasteiger partial charge in [0.1, 0.15) is 11.4 Å². The molecule has 3 nitrogen and oxygen atoms in total. The monoisotopic (exact) mass is 279 g/mol. The number of amides is 1. The Morgan fingerprint density at radius 2 is 2.05 bits per heavy atom. The van der Waals surface area contributed by atoms with Crippen molar-refractivity contribution in [2.75, 3.05) is 4.90 Å². The molecule has 1 atom stereocenters. The summed E-state index contributed by atoms with van der Waals surface area (Å²) in [5, 5.41) is 0. The minimum absolute atomic E-state index is 0.0570. The third kappa shape index (κ3) is 2.94. The summed E-state index contributed by atoms with van der Waals surface area (Å²) in [6.45, 7) is 9.36. The van der Waals surface area contributed by atoms with Crippen LogP contribution in [0.4, 0.5) is 14.9 Å². The molecule has 1 amide bonds. The van der Waals surface area contributed by atoms with Crippen LogP contribution in [0.2, 0.25) is 0 Å². The molecule has 20 heavy (non-hydrogen) atoms. The Hall–Kier alpha value is -1.58. The molecule has 4 heteroatoms. The van der Waals surface area contributed by atoms with Crippen LogP contribution in [0.1, 0.15) is 45.2 Å². The molecule has 0 radical (unpaired) electrons. The van der Waals surface area contributed by atoms with E-state index in [1.165, 1.54) is 12.1 Å². The molecule has 1 aliphatic heterocycles. The van der Waals surface area contributed by atoms with Gasteiger partial charge in [-0.3, -0.25) is 4.90 Å². The van der Waals surface area contributed by atoms with Crippen LogP contribution in [-0.2, 0) is 11.2 Å². The van der Waals surface area contributed by atoms with E-state index in [1.54, 1.807) is 4.90 Å². The second-order valence-corrected chi connectivity index (χ2v) is 6.47. The molecule has 0 aliphatic carbocycles. The molecule has 0 saturated carbocycles.